The third-order valence-electron chi connectivity index (χ3n) is 4.09. The second-order valence-corrected chi connectivity index (χ2v) is 5.55. The lowest BCUT2D eigenvalue weighted by Gasteiger charge is -2.36. The van der Waals surface area contributed by atoms with Crippen molar-refractivity contribution in [3.8, 4) is 0 Å². The molecule has 6 nitrogen and oxygen atoms in total. The molecule has 6 heteroatoms. The maximum Gasteiger partial charge on any atom is 0.409 e. The Labute approximate surface area is 134 Å². The standard InChI is InChI=1S/C16H32N4O2/c1-5-14(6-2)13-18-15(17-7-3)19-9-11-20(12-10-19)16(21)22-8-4/h14H,5-13H2,1-4H3,(H,17,18). The topological polar surface area (TPSA) is 57.2 Å². The number of piperazine rings is 1. The van der Waals surface area contributed by atoms with E-state index in [9.17, 15) is 4.79 Å². The highest BCUT2D eigenvalue weighted by atomic mass is 16.6. The molecule has 128 valence electrons. The molecule has 1 N–H and O–H groups in total. The van der Waals surface area contributed by atoms with Crippen molar-refractivity contribution < 1.29 is 9.53 Å². The molecule has 0 aromatic heterocycles. The van der Waals surface area contributed by atoms with Crippen molar-refractivity contribution in [3.05, 3.63) is 0 Å². The van der Waals surface area contributed by atoms with Crippen LogP contribution in [0, 0.1) is 5.92 Å². The molecular formula is C16H32N4O2. The number of rotatable bonds is 6. The first kappa shape index (κ1) is 18.6. The summed E-state index contributed by atoms with van der Waals surface area (Å²) in [5.74, 6) is 1.62. The summed E-state index contributed by atoms with van der Waals surface area (Å²) < 4.78 is 5.06. The van der Waals surface area contributed by atoms with Crippen LogP contribution in [0.25, 0.3) is 0 Å². The zero-order valence-electron chi connectivity index (χ0n) is 14.6. The first-order valence-electron chi connectivity index (χ1n) is 8.61. The van der Waals surface area contributed by atoms with Crippen LogP contribution in [0.15, 0.2) is 4.99 Å². The molecular weight excluding hydrogens is 280 g/mol. The third-order valence-corrected chi connectivity index (χ3v) is 4.09. The fraction of sp³-hybridized carbons (Fsp3) is 0.875. The maximum atomic E-state index is 11.7. The van der Waals surface area contributed by atoms with Crippen molar-refractivity contribution in [2.75, 3.05) is 45.9 Å². The number of ether oxygens (including phenoxy) is 1. The molecule has 0 bridgehead atoms. The minimum atomic E-state index is -0.207. The predicted molar refractivity (Wildman–Crippen MR) is 90.2 cm³/mol. The van der Waals surface area contributed by atoms with Crippen LogP contribution in [-0.4, -0.2) is 67.7 Å². The zero-order valence-corrected chi connectivity index (χ0v) is 14.6. The van der Waals surface area contributed by atoms with Gasteiger partial charge < -0.3 is 19.9 Å². The molecule has 0 spiro atoms. The van der Waals surface area contributed by atoms with E-state index >= 15 is 0 Å². The Morgan fingerprint density at radius 2 is 1.68 bits per heavy atom. The minimum Gasteiger partial charge on any atom is -0.450 e. The van der Waals surface area contributed by atoms with Gasteiger partial charge in [-0.15, -0.1) is 0 Å². The van der Waals surface area contributed by atoms with Gasteiger partial charge in [-0.1, -0.05) is 26.7 Å². The molecule has 1 fully saturated rings. The summed E-state index contributed by atoms with van der Waals surface area (Å²) in [6.45, 7) is 13.5. The van der Waals surface area contributed by atoms with E-state index < -0.39 is 0 Å². The van der Waals surface area contributed by atoms with Crippen molar-refractivity contribution in [1.29, 1.82) is 0 Å². The van der Waals surface area contributed by atoms with Gasteiger partial charge in [0.15, 0.2) is 5.96 Å². The second kappa shape index (κ2) is 10.3. The van der Waals surface area contributed by atoms with Crippen LogP contribution in [0.1, 0.15) is 40.5 Å². The monoisotopic (exact) mass is 312 g/mol. The van der Waals surface area contributed by atoms with E-state index in [2.05, 4.69) is 31.0 Å². The summed E-state index contributed by atoms with van der Waals surface area (Å²) in [5, 5.41) is 3.37. The molecule has 0 aromatic rings. The molecule has 0 saturated carbocycles. The average Bonchev–Trinajstić information content (AvgIpc) is 2.55. The van der Waals surface area contributed by atoms with Gasteiger partial charge in [0, 0.05) is 39.3 Å². The maximum absolute atomic E-state index is 11.7. The number of hydrogen-bond acceptors (Lipinski definition) is 3. The lowest BCUT2D eigenvalue weighted by atomic mass is 10.0. The van der Waals surface area contributed by atoms with Gasteiger partial charge >= 0.3 is 6.09 Å². The quantitative estimate of drug-likeness (QED) is 0.603. The predicted octanol–water partition coefficient (Wildman–Crippen LogP) is 2.16. The Balaban J connectivity index is 2.56. The highest BCUT2D eigenvalue weighted by Crippen LogP contribution is 2.09. The molecule has 0 radical (unpaired) electrons. The normalized spacial score (nSPS) is 16.1. The van der Waals surface area contributed by atoms with Gasteiger partial charge in [0.2, 0.25) is 0 Å². The van der Waals surface area contributed by atoms with Crippen molar-refractivity contribution >= 4 is 12.1 Å². The average molecular weight is 312 g/mol. The molecule has 0 unspecified atom stereocenters. The van der Waals surface area contributed by atoms with Gasteiger partial charge in [0.1, 0.15) is 0 Å². The van der Waals surface area contributed by atoms with E-state index in [1.807, 2.05) is 6.92 Å². The second-order valence-electron chi connectivity index (χ2n) is 5.55. The molecule has 1 heterocycles. The number of carbonyl (C=O) groups excluding carboxylic acids is 1. The molecule has 0 aliphatic carbocycles. The van der Waals surface area contributed by atoms with E-state index in [1.165, 1.54) is 0 Å². The summed E-state index contributed by atoms with van der Waals surface area (Å²) in [6.07, 6.45) is 2.12. The Morgan fingerprint density at radius 3 is 2.18 bits per heavy atom. The van der Waals surface area contributed by atoms with Crippen molar-refractivity contribution in [1.82, 2.24) is 15.1 Å². The molecule has 0 aromatic carbocycles. The van der Waals surface area contributed by atoms with Crippen LogP contribution < -0.4 is 5.32 Å². The Morgan fingerprint density at radius 1 is 1.09 bits per heavy atom. The largest absolute Gasteiger partial charge is 0.450 e. The summed E-state index contributed by atoms with van der Waals surface area (Å²) in [6, 6.07) is 0. The molecule has 1 aliphatic heterocycles. The van der Waals surface area contributed by atoms with E-state index in [0.29, 0.717) is 25.6 Å². The first-order valence-corrected chi connectivity index (χ1v) is 8.61. The van der Waals surface area contributed by atoms with E-state index in [-0.39, 0.29) is 6.09 Å². The smallest absolute Gasteiger partial charge is 0.409 e. The van der Waals surface area contributed by atoms with Crippen LogP contribution in [0.5, 0.6) is 0 Å². The van der Waals surface area contributed by atoms with Gasteiger partial charge in [0.05, 0.1) is 6.61 Å². The number of aliphatic imine (C=N–C) groups is 1. The molecule has 1 amide bonds. The van der Waals surface area contributed by atoms with Crippen molar-refractivity contribution in [2.45, 2.75) is 40.5 Å². The minimum absolute atomic E-state index is 0.207. The highest BCUT2D eigenvalue weighted by Gasteiger charge is 2.23. The summed E-state index contributed by atoms with van der Waals surface area (Å²) in [4.78, 5) is 20.5. The van der Waals surface area contributed by atoms with Gasteiger partial charge in [-0.25, -0.2) is 4.79 Å². The van der Waals surface area contributed by atoms with Gasteiger partial charge in [-0.2, -0.15) is 0 Å². The number of nitrogens with zero attached hydrogens (tertiary/aromatic N) is 3. The molecule has 1 rings (SSSR count). The Kier molecular flexibility index (Phi) is 8.70. The Hall–Kier alpha value is -1.46. The lowest BCUT2D eigenvalue weighted by Crippen LogP contribution is -2.54. The van der Waals surface area contributed by atoms with Crippen molar-refractivity contribution in [3.63, 3.8) is 0 Å². The summed E-state index contributed by atoms with van der Waals surface area (Å²) in [5.41, 5.74) is 0. The number of amides is 1. The zero-order chi connectivity index (χ0) is 16.4. The highest BCUT2D eigenvalue weighted by molar-refractivity contribution is 5.80. The van der Waals surface area contributed by atoms with Crippen LogP contribution in [0.2, 0.25) is 0 Å². The third kappa shape index (κ3) is 5.73. The molecule has 0 atom stereocenters. The number of nitrogens with one attached hydrogen (secondary N) is 1. The van der Waals surface area contributed by atoms with E-state index in [1.54, 1.807) is 4.90 Å². The lowest BCUT2D eigenvalue weighted by molar-refractivity contribution is 0.0914. The van der Waals surface area contributed by atoms with E-state index in [0.717, 1.165) is 45.0 Å². The molecule has 1 aliphatic rings. The van der Waals surface area contributed by atoms with Gasteiger partial charge in [-0.05, 0) is 19.8 Å². The summed E-state index contributed by atoms with van der Waals surface area (Å²) >= 11 is 0. The van der Waals surface area contributed by atoms with Gasteiger partial charge in [-0.3, -0.25) is 4.99 Å². The fourth-order valence-electron chi connectivity index (χ4n) is 2.50. The Bertz CT molecular complexity index is 348. The fourth-order valence-corrected chi connectivity index (χ4v) is 2.50. The first-order chi connectivity index (χ1) is 10.7. The van der Waals surface area contributed by atoms with Crippen LogP contribution >= 0.6 is 0 Å². The SMILES string of the molecule is CCNC(=NCC(CC)CC)N1CCN(C(=O)OCC)CC1. The van der Waals surface area contributed by atoms with Crippen LogP contribution in [-0.2, 0) is 4.74 Å². The van der Waals surface area contributed by atoms with Gasteiger partial charge in [0.25, 0.3) is 0 Å². The van der Waals surface area contributed by atoms with E-state index in [4.69, 9.17) is 9.73 Å². The molecule has 22 heavy (non-hydrogen) atoms. The number of guanidine groups is 1. The van der Waals surface area contributed by atoms with Crippen molar-refractivity contribution in [2.24, 2.45) is 10.9 Å². The number of carbonyl (C=O) groups is 1. The molecule has 1 saturated heterocycles. The van der Waals surface area contributed by atoms with Crippen LogP contribution in [0.4, 0.5) is 4.79 Å². The summed E-state index contributed by atoms with van der Waals surface area (Å²) in [7, 11) is 0. The number of hydrogen-bond donors (Lipinski definition) is 1. The van der Waals surface area contributed by atoms with Crippen LogP contribution in [0.3, 0.4) is 0 Å².